The Bertz CT molecular complexity index is 955. The van der Waals surface area contributed by atoms with Crippen molar-refractivity contribution in [3.63, 3.8) is 0 Å². The number of anilines is 2. The monoisotopic (exact) mass is 454 g/mol. The number of ether oxygens (including phenoxy) is 2. The highest BCUT2D eigenvalue weighted by atomic mass is 35.5. The zero-order valence-corrected chi connectivity index (χ0v) is 18.0. The molecule has 2 aromatic carbocycles. The van der Waals surface area contributed by atoms with Crippen molar-refractivity contribution < 1.29 is 23.5 Å². The minimum Gasteiger partial charge on any atom is -0.493 e. The number of rotatable bonds is 6. The van der Waals surface area contributed by atoms with Crippen molar-refractivity contribution >= 4 is 46.4 Å². The van der Waals surface area contributed by atoms with Gasteiger partial charge >= 0.3 is 0 Å². The van der Waals surface area contributed by atoms with Gasteiger partial charge in [0, 0.05) is 18.7 Å². The number of halogens is 3. The largest absolute Gasteiger partial charge is 0.493 e. The minimum atomic E-state index is -0.773. The highest BCUT2D eigenvalue weighted by Crippen LogP contribution is 2.36. The zero-order chi connectivity index (χ0) is 21.8. The number of carbonyl (C=O) groups is 2. The van der Waals surface area contributed by atoms with E-state index in [1.807, 2.05) is 0 Å². The molecule has 30 heavy (non-hydrogen) atoms. The van der Waals surface area contributed by atoms with E-state index in [1.165, 1.54) is 32.2 Å². The van der Waals surface area contributed by atoms with Crippen molar-refractivity contribution in [3.8, 4) is 11.5 Å². The Balaban J connectivity index is 1.86. The van der Waals surface area contributed by atoms with Gasteiger partial charge in [0.05, 0.1) is 34.5 Å². The third kappa shape index (κ3) is 5.15. The van der Waals surface area contributed by atoms with Crippen molar-refractivity contribution in [3.05, 3.63) is 45.7 Å². The highest BCUT2D eigenvalue weighted by molar-refractivity contribution is 6.40. The maximum atomic E-state index is 14.6. The van der Waals surface area contributed by atoms with Gasteiger partial charge in [0.1, 0.15) is 5.82 Å². The molecule has 9 heteroatoms. The standard InChI is InChI=1S/C21H21Cl2FN2O4/c1-11(27)25-12-7-15(22)20(16(23)8-12)26-21(28)14-9-19(18(29-2)10-17(14)24)30-13-5-3-4-6-13/h7-10,13H,3-6H2,1-2H3,(H,25,27)(H,26,28). The van der Waals surface area contributed by atoms with E-state index in [-0.39, 0.29) is 39.1 Å². The Morgan fingerprint density at radius 2 is 1.67 bits per heavy atom. The number of hydrogen-bond donors (Lipinski definition) is 2. The molecular formula is C21H21Cl2FN2O4. The van der Waals surface area contributed by atoms with Crippen molar-refractivity contribution in [2.45, 2.75) is 38.7 Å². The van der Waals surface area contributed by atoms with E-state index in [4.69, 9.17) is 32.7 Å². The summed E-state index contributed by atoms with van der Waals surface area (Å²) >= 11 is 12.4. The van der Waals surface area contributed by atoms with Crippen LogP contribution in [0.5, 0.6) is 11.5 Å². The van der Waals surface area contributed by atoms with E-state index in [0.29, 0.717) is 11.4 Å². The molecule has 0 aromatic heterocycles. The molecule has 0 spiro atoms. The number of amides is 2. The normalized spacial score (nSPS) is 13.8. The average molecular weight is 455 g/mol. The molecule has 160 valence electrons. The lowest BCUT2D eigenvalue weighted by Crippen LogP contribution is -2.17. The van der Waals surface area contributed by atoms with E-state index in [9.17, 15) is 14.0 Å². The highest BCUT2D eigenvalue weighted by Gasteiger charge is 2.23. The first-order valence-corrected chi connectivity index (χ1v) is 10.2. The van der Waals surface area contributed by atoms with Gasteiger partial charge in [0.15, 0.2) is 11.5 Å². The third-order valence-corrected chi connectivity index (χ3v) is 5.29. The van der Waals surface area contributed by atoms with Gasteiger partial charge in [0.2, 0.25) is 5.91 Å². The maximum absolute atomic E-state index is 14.6. The Labute approximate surface area is 183 Å². The van der Waals surface area contributed by atoms with E-state index in [0.717, 1.165) is 31.7 Å². The van der Waals surface area contributed by atoms with Gasteiger partial charge < -0.3 is 20.1 Å². The van der Waals surface area contributed by atoms with E-state index < -0.39 is 11.7 Å². The molecular weight excluding hydrogens is 434 g/mol. The third-order valence-electron chi connectivity index (χ3n) is 4.69. The van der Waals surface area contributed by atoms with Crippen molar-refractivity contribution in [2.24, 2.45) is 0 Å². The molecule has 0 bridgehead atoms. The van der Waals surface area contributed by atoms with Gasteiger partial charge in [-0.05, 0) is 43.9 Å². The fraction of sp³-hybridized carbons (Fsp3) is 0.333. The molecule has 1 aliphatic rings. The molecule has 3 rings (SSSR count). The van der Waals surface area contributed by atoms with Gasteiger partial charge in [-0.2, -0.15) is 0 Å². The molecule has 1 saturated carbocycles. The van der Waals surface area contributed by atoms with Crippen LogP contribution in [0, 0.1) is 5.82 Å². The lowest BCUT2D eigenvalue weighted by Gasteiger charge is -2.17. The van der Waals surface area contributed by atoms with Gasteiger partial charge in [-0.15, -0.1) is 0 Å². The van der Waals surface area contributed by atoms with Crippen LogP contribution in [0.1, 0.15) is 43.0 Å². The summed E-state index contributed by atoms with van der Waals surface area (Å²) in [5.41, 5.74) is 0.242. The Morgan fingerprint density at radius 1 is 1.03 bits per heavy atom. The summed E-state index contributed by atoms with van der Waals surface area (Å²) in [6.45, 7) is 1.34. The minimum absolute atomic E-state index is 0.00508. The first kappa shape index (κ1) is 22.2. The Hall–Kier alpha value is -2.51. The van der Waals surface area contributed by atoms with Crippen molar-refractivity contribution in [1.82, 2.24) is 0 Å². The number of methoxy groups -OCH3 is 1. The second-order valence-corrected chi connectivity index (χ2v) is 7.77. The summed E-state index contributed by atoms with van der Waals surface area (Å²) in [6, 6.07) is 5.30. The molecule has 0 saturated heterocycles. The number of hydrogen-bond acceptors (Lipinski definition) is 4. The lowest BCUT2D eigenvalue weighted by molar-refractivity contribution is -0.114. The second-order valence-electron chi connectivity index (χ2n) is 6.96. The summed E-state index contributed by atoms with van der Waals surface area (Å²) in [7, 11) is 1.41. The molecule has 6 nitrogen and oxygen atoms in total. The predicted molar refractivity (Wildman–Crippen MR) is 115 cm³/mol. The first-order valence-electron chi connectivity index (χ1n) is 9.40. The topological polar surface area (TPSA) is 76.7 Å². The molecule has 1 aliphatic carbocycles. The molecule has 0 heterocycles. The molecule has 1 fully saturated rings. The van der Waals surface area contributed by atoms with Crippen LogP contribution >= 0.6 is 23.2 Å². The van der Waals surface area contributed by atoms with Crippen LogP contribution in [-0.4, -0.2) is 25.0 Å². The molecule has 0 radical (unpaired) electrons. The van der Waals surface area contributed by atoms with Crippen LogP contribution in [0.2, 0.25) is 10.0 Å². The van der Waals surface area contributed by atoms with Gasteiger partial charge in [0.25, 0.3) is 5.91 Å². The van der Waals surface area contributed by atoms with Crippen LogP contribution in [-0.2, 0) is 4.79 Å². The van der Waals surface area contributed by atoms with Crippen LogP contribution in [0.15, 0.2) is 24.3 Å². The van der Waals surface area contributed by atoms with Gasteiger partial charge in [-0.25, -0.2) is 4.39 Å². The van der Waals surface area contributed by atoms with Crippen molar-refractivity contribution in [2.75, 3.05) is 17.7 Å². The van der Waals surface area contributed by atoms with Gasteiger partial charge in [-0.1, -0.05) is 23.2 Å². The van der Waals surface area contributed by atoms with Crippen molar-refractivity contribution in [1.29, 1.82) is 0 Å². The van der Waals surface area contributed by atoms with E-state index >= 15 is 0 Å². The molecule has 0 atom stereocenters. The number of benzene rings is 2. The second kappa shape index (κ2) is 9.53. The summed E-state index contributed by atoms with van der Waals surface area (Å²) in [5, 5.41) is 5.26. The van der Waals surface area contributed by atoms with Crippen LogP contribution < -0.4 is 20.1 Å². The van der Waals surface area contributed by atoms with Crippen LogP contribution in [0.4, 0.5) is 15.8 Å². The van der Waals surface area contributed by atoms with Gasteiger partial charge in [-0.3, -0.25) is 9.59 Å². The summed E-state index contributed by atoms with van der Waals surface area (Å²) < 4.78 is 25.7. The molecule has 0 unspecified atom stereocenters. The number of carbonyl (C=O) groups excluding carboxylic acids is 2. The summed E-state index contributed by atoms with van der Waals surface area (Å²) in [6.07, 6.45) is 3.92. The fourth-order valence-corrected chi connectivity index (χ4v) is 3.88. The predicted octanol–water partition coefficient (Wildman–Crippen LogP) is 5.67. The number of nitrogens with one attached hydrogen (secondary N) is 2. The Kier molecular flexibility index (Phi) is 7.05. The lowest BCUT2D eigenvalue weighted by atomic mass is 10.1. The average Bonchev–Trinajstić information content (AvgIpc) is 3.18. The quantitative estimate of drug-likeness (QED) is 0.588. The zero-order valence-electron chi connectivity index (χ0n) is 16.5. The SMILES string of the molecule is COc1cc(F)c(C(=O)Nc2c(Cl)cc(NC(C)=O)cc2Cl)cc1OC1CCCC1. The maximum Gasteiger partial charge on any atom is 0.258 e. The van der Waals surface area contributed by atoms with E-state index in [1.54, 1.807) is 0 Å². The fourth-order valence-electron chi connectivity index (χ4n) is 3.30. The van der Waals surface area contributed by atoms with Crippen LogP contribution in [0.3, 0.4) is 0 Å². The van der Waals surface area contributed by atoms with E-state index in [2.05, 4.69) is 10.6 Å². The summed E-state index contributed by atoms with van der Waals surface area (Å²) in [5.74, 6) is -1.30. The molecule has 2 amide bonds. The molecule has 0 aliphatic heterocycles. The smallest absolute Gasteiger partial charge is 0.258 e. The summed E-state index contributed by atoms with van der Waals surface area (Å²) in [4.78, 5) is 24.0. The van der Waals surface area contributed by atoms with Crippen LogP contribution in [0.25, 0.3) is 0 Å². The Morgan fingerprint density at radius 3 is 2.23 bits per heavy atom. The molecule has 2 N–H and O–H groups in total. The first-order chi connectivity index (χ1) is 14.3. The molecule has 2 aromatic rings.